The van der Waals surface area contributed by atoms with Crippen LogP contribution in [0.3, 0.4) is 0 Å². The highest BCUT2D eigenvalue weighted by Gasteiger charge is 2.38. The molecule has 3 aromatic carbocycles. The van der Waals surface area contributed by atoms with E-state index in [2.05, 4.69) is 5.32 Å². The number of carbonyl (C=O) groups excluding carboxylic acids is 1. The van der Waals surface area contributed by atoms with Gasteiger partial charge in [-0.2, -0.15) is 0 Å². The van der Waals surface area contributed by atoms with Crippen molar-refractivity contribution in [3.8, 4) is 5.75 Å². The molecular formula is C21H18ClNO2. The first-order valence-electron chi connectivity index (χ1n) is 8.41. The number of nitrogens with one attached hydrogen (secondary N) is 1. The van der Waals surface area contributed by atoms with Crippen molar-refractivity contribution in [1.82, 2.24) is 0 Å². The Kier molecular flexibility index (Phi) is 4.33. The van der Waals surface area contributed by atoms with Crippen LogP contribution in [0.2, 0.25) is 5.02 Å². The van der Waals surface area contributed by atoms with Crippen molar-refractivity contribution in [3.63, 3.8) is 0 Å². The molecule has 3 aromatic rings. The fourth-order valence-corrected chi connectivity index (χ4v) is 3.07. The van der Waals surface area contributed by atoms with Crippen molar-refractivity contribution >= 4 is 34.0 Å². The van der Waals surface area contributed by atoms with Crippen LogP contribution >= 0.6 is 11.6 Å². The molecule has 4 heteroatoms. The first kappa shape index (κ1) is 16.0. The number of hydrogen-bond acceptors (Lipinski definition) is 2. The highest BCUT2D eigenvalue weighted by Crippen LogP contribution is 2.37. The van der Waals surface area contributed by atoms with E-state index in [1.165, 1.54) is 0 Å². The van der Waals surface area contributed by atoms with Crippen LogP contribution in [-0.2, 0) is 4.79 Å². The van der Waals surface area contributed by atoms with E-state index in [-0.39, 0.29) is 11.8 Å². The van der Waals surface area contributed by atoms with Gasteiger partial charge in [-0.1, -0.05) is 48.0 Å². The molecule has 1 unspecified atom stereocenters. The van der Waals surface area contributed by atoms with Gasteiger partial charge < -0.3 is 10.1 Å². The smallest absolute Gasteiger partial charge is 0.265 e. The lowest BCUT2D eigenvalue weighted by Gasteiger charge is -2.19. The van der Waals surface area contributed by atoms with Gasteiger partial charge in [0.25, 0.3) is 5.91 Å². The molecule has 1 atom stereocenters. The third-order valence-corrected chi connectivity index (χ3v) is 4.68. The maximum atomic E-state index is 12.8. The van der Waals surface area contributed by atoms with Gasteiger partial charge in [0.1, 0.15) is 5.75 Å². The molecule has 0 aromatic heterocycles. The monoisotopic (exact) mass is 351 g/mol. The van der Waals surface area contributed by atoms with Gasteiger partial charge >= 0.3 is 0 Å². The second kappa shape index (κ2) is 6.77. The summed E-state index contributed by atoms with van der Waals surface area (Å²) in [5.41, 5.74) is 0.724. The molecule has 0 spiro atoms. The number of carbonyl (C=O) groups is 1. The summed E-state index contributed by atoms with van der Waals surface area (Å²) in [6.07, 6.45) is 1.55. The van der Waals surface area contributed by atoms with Gasteiger partial charge in [-0.15, -0.1) is 0 Å². The Bertz CT molecular complexity index is 898. The number of anilines is 1. The minimum Gasteiger partial charge on any atom is -0.480 e. The summed E-state index contributed by atoms with van der Waals surface area (Å²) in [5.74, 6) is 0.908. The molecule has 1 saturated carbocycles. The molecule has 1 fully saturated rings. The average molecular weight is 352 g/mol. The van der Waals surface area contributed by atoms with Crippen LogP contribution in [-0.4, -0.2) is 12.0 Å². The van der Waals surface area contributed by atoms with Crippen LogP contribution in [0.1, 0.15) is 12.8 Å². The molecule has 4 rings (SSSR count). The SMILES string of the molecule is O=C(Nc1ccc(Cl)cc1)C(Oc1cccc2ccccc12)C1CC1. The van der Waals surface area contributed by atoms with Gasteiger partial charge in [0.2, 0.25) is 0 Å². The highest BCUT2D eigenvalue weighted by atomic mass is 35.5. The maximum absolute atomic E-state index is 12.8. The predicted octanol–water partition coefficient (Wildman–Crippen LogP) is 5.29. The normalized spacial score (nSPS) is 14.9. The van der Waals surface area contributed by atoms with E-state index < -0.39 is 6.10 Å². The van der Waals surface area contributed by atoms with Crippen molar-refractivity contribution in [3.05, 3.63) is 71.8 Å². The van der Waals surface area contributed by atoms with E-state index in [1.807, 2.05) is 42.5 Å². The molecule has 126 valence electrons. The number of hydrogen-bond donors (Lipinski definition) is 1. The molecule has 0 bridgehead atoms. The number of amides is 1. The molecule has 0 aliphatic heterocycles. The predicted molar refractivity (Wildman–Crippen MR) is 101 cm³/mol. The minimum atomic E-state index is -0.485. The van der Waals surface area contributed by atoms with Crippen LogP contribution in [0.4, 0.5) is 5.69 Å². The lowest BCUT2D eigenvalue weighted by atomic mass is 10.1. The van der Waals surface area contributed by atoms with Gasteiger partial charge in [-0.25, -0.2) is 0 Å². The third-order valence-electron chi connectivity index (χ3n) is 4.42. The van der Waals surface area contributed by atoms with Crippen molar-refractivity contribution in [2.75, 3.05) is 5.32 Å². The first-order chi connectivity index (χ1) is 12.2. The Morgan fingerprint density at radius 2 is 1.72 bits per heavy atom. The second-order valence-electron chi connectivity index (χ2n) is 6.35. The van der Waals surface area contributed by atoms with Gasteiger partial charge in [0.05, 0.1) is 0 Å². The summed E-state index contributed by atoms with van der Waals surface area (Å²) in [4.78, 5) is 12.8. The molecule has 25 heavy (non-hydrogen) atoms. The van der Waals surface area contributed by atoms with Crippen LogP contribution in [0.5, 0.6) is 5.75 Å². The minimum absolute atomic E-state index is 0.113. The zero-order valence-electron chi connectivity index (χ0n) is 13.6. The molecule has 1 amide bonds. The maximum Gasteiger partial charge on any atom is 0.265 e. The fraction of sp³-hybridized carbons (Fsp3) is 0.190. The number of halogens is 1. The van der Waals surface area contributed by atoms with E-state index in [4.69, 9.17) is 16.3 Å². The van der Waals surface area contributed by atoms with Crippen molar-refractivity contribution in [2.24, 2.45) is 5.92 Å². The Morgan fingerprint density at radius 1 is 1.00 bits per heavy atom. The van der Waals surface area contributed by atoms with Crippen LogP contribution < -0.4 is 10.1 Å². The van der Waals surface area contributed by atoms with Gasteiger partial charge in [0, 0.05) is 22.0 Å². The lowest BCUT2D eigenvalue weighted by molar-refractivity contribution is -0.123. The molecule has 1 aliphatic carbocycles. The third kappa shape index (κ3) is 3.62. The van der Waals surface area contributed by atoms with Crippen LogP contribution in [0.15, 0.2) is 66.7 Å². The number of ether oxygens (including phenoxy) is 1. The zero-order chi connectivity index (χ0) is 17.2. The fourth-order valence-electron chi connectivity index (χ4n) is 2.94. The van der Waals surface area contributed by atoms with E-state index in [0.29, 0.717) is 5.02 Å². The van der Waals surface area contributed by atoms with E-state index in [0.717, 1.165) is 35.1 Å². The summed E-state index contributed by atoms with van der Waals surface area (Å²) in [6.45, 7) is 0. The van der Waals surface area contributed by atoms with E-state index in [1.54, 1.807) is 24.3 Å². The summed E-state index contributed by atoms with van der Waals surface area (Å²) in [6, 6.07) is 21.1. The van der Waals surface area contributed by atoms with E-state index in [9.17, 15) is 4.79 Å². The number of fused-ring (bicyclic) bond motifs is 1. The zero-order valence-corrected chi connectivity index (χ0v) is 14.4. The Balaban J connectivity index is 1.57. The molecule has 1 aliphatic rings. The van der Waals surface area contributed by atoms with Crippen molar-refractivity contribution in [1.29, 1.82) is 0 Å². The second-order valence-corrected chi connectivity index (χ2v) is 6.79. The largest absolute Gasteiger partial charge is 0.480 e. The standard InChI is InChI=1S/C21H18ClNO2/c22-16-10-12-17(13-11-16)23-21(24)20(15-8-9-15)25-19-7-3-5-14-4-1-2-6-18(14)19/h1-7,10-13,15,20H,8-9H2,(H,23,24). The van der Waals surface area contributed by atoms with Gasteiger partial charge in [0.15, 0.2) is 6.10 Å². The van der Waals surface area contributed by atoms with Crippen LogP contribution in [0.25, 0.3) is 10.8 Å². The Hall–Kier alpha value is -2.52. The molecular weight excluding hydrogens is 334 g/mol. The van der Waals surface area contributed by atoms with Gasteiger partial charge in [-0.05, 0) is 48.6 Å². The molecule has 3 nitrogen and oxygen atoms in total. The topological polar surface area (TPSA) is 38.3 Å². The molecule has 0 radical (unpaired) electrons. The van der Waals surface area contributed by atoms with Crippen molar-refractivity contribution < 1.29 is 9.53 Å². The van der Waals surface area contributed by atoms with E-state index >= 15 is 0 Å². The summed E-state index contributed by atoms with van der Waals surface area (Å²) >= 11 is 5.90. The number of benzene rings is 3. The quantitative estimate of drug-likeness (QED) is 0.678. The van der Waals surface area contributed by atoms with Gasteiger partial charge in [-0.3, -0.25) is 4.79 Å². The molecule has 0 heterocycles. The first-order valence-corrected chi connectivity index (χ1v) is 8.79. The average Bonchev–Trinajstić information content (AvgIpc) is 3.46. The van der Waals surface area contributed by atoms with Crippen LogP contribution in [0, 0.1) is 5.92 Å². The summed E-state index contributed by atoms with van der Waals surface area (Å²) in [5, 5.41) is 5.71. The lowest BCUT2D eigenvalue weighted by Crippen LogP contribution is -2.34. The summed E-state index contributed by atoms with van der Waals surface area (Å²) in [7, 11) is 0. The Labute approximate surface area is 151 Å². The Morgan fingerprint density at radius 3 is 2.48 bits per heavy atom. The number of rotatable bonds is 5. The molecule has 1 N–H and O–H groups in total. The summed E-state index contributed by atoms with van der Waals surface area (Å²) < 4.78 is 6.17. The van der Waals surface area contributed by atoms with Crippen molar-refractivity contribution in [2.45, 2.75) is 18.9 Å². The molecule has 0 saturated heterocycles. The highest BCUT2D eigenvalue weighted by molar-refractivity contribution is 6.30.